The lowest BCUT2D eigenvalue weighted by atomic mass is 10.2. The van der Waals surface area contributed by atoms with Crippen molar-refractivity contribution in [3.05, 3.63) is 0 Å². The van der Waals surface area contributed by atoms with E-state index < -0.39 is 12.0 Å². The largest absolute Gasteiger partial charge is 0.480 e. The highest BCUT2D eigenvalue weighted by Gasteiger charge is 2.32. The number of urea groups is 1. The molecule has 2 rings (SSSR count). The maximum absolute atomic E-state index is 12.0. The van der Waals surface area contributed by atoms with Gasteiger partial charge in [-0.1, -0.05) is 12.8 Å². The molecule has 1 heterocycles. The van der Waals surface area contributed by atoms with E-state index >= 15 is 0 Å². The van der Waals surface area contributed by atoms with Gasteiger partial charge in [-0.25, -0.2) is 9.59 Å². The molecule has 0 aromatic rings. The molecule has 0 bridgehead atoms. The molecule has 96 valence electrons. The van der Waals surface area contributed by atoms with Crippen LogP contribution in [0.1, 0.15) is 25.7 Å². The third-order valence-electron chi connectivity index (χ3n) is 3.47. The van der Waals surface area contributed by atoms with Crippen molar-refractivity contribution in [1.82, 2.24) is 15.5 Å². The maximum atomic E-state index is 12.0. The Morgan fingerprint density at radius 2 is 2.00 bits per heavy atom. The molecule has 0 spiro atoms. The molecule has 1 aliphatic heterocycles. The summed E-state index contributed by atoms with van der Waals surface area (Å²) in [6.07, 6.45) is 4.31. The lowest BCUT2D eigenvalue weighted by Crippen LogP contribution is -2.60. The lowest BCUT2D eigenvalue weighted by Gasteiger charge is -2.34. The van der Waals surface area contributed by atoms with Crippen molar-refractivity contribution in [3.8, 4) is 0 Å². The van der Waals surface area contributed by atoms with E-state index in [0.717, 1.165) is 25.7 Å². The standard InChI is InChI=1S/C11H19N3O3/c15-10(16)9-7-12-5-6-14(9)11(17)13-8-3-1-2-4-8/h8-9,12H,1-7H2,(H,13,17)(H,15,16). The molecule has 0 radical (unpaired) electrons. The van der Waals surface area contributed by atoms with E-state index in [-0.39, 0.29) is 12.1 Å². The third kappa shape index (κ3) is 2.88. The van der Waals surface area contributed by atoms with Crippen LogP contribution in [0, 0.1) is 0 Å². The van der Waals surface area contributed by atoms with Crippen LogP contribution in [0.25, 0.3) is 0 Å². The van der Waals surface area contributed by atoms with Gasteiger partial charge in [0.2, 0.25) is 0 Å². The molecule has 2 amide bonds. The zero-order valence-electron chi connectivity index (χ0n) is 9.82. The van der Waals surface area contributed by atoms with Crippen molar-refractivity contribution in [3.63, 3.8) is 0 Å². The van der Waals surface area contributed by atoms with Gasteiger partial charge in [0.05, 0.1) is 0 Å². The van der Waals surface area contributed by atoms with Crippen LogP contribution in [-0.4, -0.2) is 53.7 Å². The van der Waals surface area contributed by atoms with Crippen LogP contribution in [0.2, 0.25) is 0 Å². The molecule has 2 fully saturated rings. The second-order valence-corrected chi connectivity index (χ2v) is 4.68. The molecule has 1 aliphatic carbocycles. The fourth-order valence-electron chi connectivity index (χ4n) is 2.50. The Balaban J connectivity index is 1.93. The Hall–Kier alpha value is -1.30. The monoisotopic (exact) mass is 241 g/mol. The molecule has 1 saturated carbocycles. The number of carbonyl (C=O) groups excluding carboxylic acids is 1. The number of carboxylic acid groups (broad SMARTS) is 1. The van der Waals surface area contributed by atoms with Gasteiger partial charge in [-0.2, -0.15) is 0 Å². The second kappa shape index (κ2) is 5.35. The zero-order valence-corrected chi connectivity index (χ0v) is 9.82. The maximum Gasteiger partial charge on any atom is 0.327 e. The van der Waals surface area contributed by atoms with Gasteiger partial charge in [-0.3, -0.25) is 0 Å². The number of carboxylic acids is 1. The van der Waals surface area contributed by atoms with Crippen LogP contribution >= 0.6 is 0 Å². The molecule has 2 aliphatic rings. The predicted octanol–water partition coefficient (Wildman–Crippen LogP) is -0.00300. The summed E-state index contributed by atoms with van der Waals surface area (Å²) in [7, 11) is 0. The van der Waals surface area contributed by atoms with Crippen LogP contribution in [-0.2, 0) is 4.79 Å². The number of amides is 2. The lowest BCUT2D eigenvalue weighted by molar-refractivity contribution is -0.142. The van der Waals surface area contributed by atoms with E-state index in [1.165, 1.54) is 4.90 Å². The molecule has 17 heavy (non-hydrogen) atoms. The second-order valence-electron chi connectivity index (χ2n) is 4.68. The van der Waals surface area contributed by atoms with Gasteiger partial charge < -0.3 is 20.6 Å². The molecule has 6 heteroatoms. The van der Waals surface area contributed by atoms with E-state index in [0.29, 0.717) is 19.6 Å². The summed E-state index contributed by atoms with van der Waals surface area (Å²) in [5, 5.41) is 15.0. The average molecular weight is 241 g/mol. The van der Waals surface area contributed by atoms with Crippen molar-refractivity contribution in [2.24, 2.45) is 0 Å². The zero-order chi connectivity index (χ0) is 12.3. The molecule has 1 atom stereocenters. The van der Waals surface area contributed by atoms with Gasteiger partial charge in [-0.05, 0) is 12.8 Å². The first-order valence-electron chi connectivity index (χ1n) is 6.19. The Bertz CT molecular complexity index is 302. The van der Waals surface area contributed by atoms with Crippen LogP contribution in [0.4, 0.5) is 4.79 Å². The van der Waals surface area contributed by atoms with Crippen LogP contribution in [0.15, 0.2) is 0 Å². The Morgan fingerprint density at radius 3 is 2.65 bits per heavy atom. The summed E-state index contributed by atoms with van der Waals surface area (Å²) in [6, 6.07) is -0.747. The number of aliphatic carboxylic acids is 1. The molecule has 6 nitrogen and oxygen atoms in total. The Kier molecular flexibility index (Phi) is 3.83. The summed E-state index contributed by atoms with van der Waals surface area (Å²) in [5.74, 6) is -0.946. The topological polar surface area (TPSA) is 81.7 Å². The summed E-state index contributed by atoms with van der Waals surface area (Å²) < 4.78 is 0. The van der Waals surface area contributed by atoms with Crippen molar-refractivity contribution >= 4 is 12.0 Å². The molecule has 0 aromatic carbocycles. The van der Waals surface area contributed by atoms with E-state index in [4.69, 9.17) is 5.11 Å². The molecular formula is C11H19N3O3. The molecule has 0 aromatic heterocycles. The van der Waals surface area contributed by atoms with Gasteiger partial charge in [0.15, 0.2) is 0 Å². The van der Waals surface area contributed by atoms with Gasteiger partial charge in [0.1, 0.15) is 6.04 Å². The number of rotatable bonds is 2. The fourth-order valence-corrected chi connectivity index (χ4v) is 2.50. The molecular weight excluding hydrogens is 222 g/mol. The van der Waals surface area contributed by atoms with Crippen molar-refractivity contribution in [1.29, 1.82) is 0 Å². The Morgan fingerprint density at radius 1 is 1.29 bits per heavy atom. The van der Waals surface area contributed by atoms with Crippen molar-refractivity contribution in [2.75, 3.05) is 19.6 Å². The highest BCUT2D eigenvalue weighted by molar-refractivity contribution is 5.83. The van der Waals surface area contributed by atoms with Crippen LogP contribution in [0.5, 0.6) is 0 Å². The van der Waals surface area contributed by atoms with Crippen molar-refractivity contribution in [2.45, 2.75) is 37.8 Å². The minimum atomic E-state index is -0.946. The first-order chi connectivity index (χ1) is 8.18. The summed E-state index contributed by atoms with van der Waals surface area (Å²) in [5.41, 5.74) is 0. The van der Waals surface area contributed by atoms with Gasteiger partial charge in [0.25, 0.3) is 0 Å². The highest BCUT2D eigenvalue weighted by Crippen LogP contribution is 2.18. The average Bonchev–Trinajstić information content (AvgIpc) is 2.81. The third-order valence-corrected chi connectivity index (χ3v) is 3.47. The van der Waals surface area contributed by atoms with E-state index in [1.807, 2.05) is 0 Å². The van der Waals surface area contributed by atoms with Crippen LogP contribution in [0.3, 0.4) is 0 Å². The van der Waals surface area contributed by atoms with Gasteiger partial charge >= 0.3 is 12.0 Å². The predicted molar refractivity (Wildman–Crippen MR) is 61.8 cm³/mol. The fraction of sp³-hybridized carbons (Fsp3) is 0.818. The quantitative estimate of drug-likeness (QED) is 0.635. The van der Waals surface area contributed by atoms with Gasteiger partial charge in [0, 0.05) is 25.7 Å². The van der Waals surface area contributed by atoms with Crippen LogP contribution < -0.4 is 10.6 Å². The summed E-state index contributed by atoms with van der Waals surface area (Å²) >= 11 is 0. The molecule has 1 unspecified atom stereocenters. The first-order valence-corrected chi connectivity index (χ1v) is 6.19. The van der Waals surface area contributed by atoms with E-state index in [2.05, 4.69) is 10.6 Å². The number of hydrogen-bond donors (Lipinski definition) is 3. The first kappa shape index (κ1) is 12.2. The minimum Gasteiger partial charge on any atom is -0.480 e. The number of nitrogens with zero attached hydrogens (tertiary/aromatic N) is 1. The number of hydrogen-bond acceptors (Lipinski definition) is 3. The normalized spacial score (nSPS) is 25.9. The van der Waals surface area contributed by atoms with E-state index in [9.17, 15) is 9.59 Å². The van der Waals surface area contributed by atoms with Gasteiger partial charge in [-0.15, -0.1) is 0 Å². The summed E-state index contributed by atoms with van der Waals surface area (Å²) in [6.45, 7) is 1.44. The number of nitrogens with one attached hydrogen (secondary N) is 2. The molecule has 1 saturated heterocycles. The van der Waals surface area contributed by atoms with E-state index in [1.54, 1.807) is 0 Å². The van der Waals surface area contributed by atoms with Crippen molar-refractivity contribution < 1.29 is 14.7 Å². The highest BCUT2D eigenvalue weighted by atomic mass is 16.4. The Labute approximate surface area is 100 Å². The summed E-state index contributed by atoms with van der Waals surface area (Å²) in [4.78, 5) is 24.5. The molecule has 3 N–H and O–H groups in total. The number of carbonyl (C=O) groups is 2. The minimum absolute atomic E-state index is 0.229. The number of piperazine rings is 1. The SMILES string of the molecule is O=C(O)C1CNCCN1C(=O)NC1CCCC1. The smallest absolute Gasteiger partial charge is 0.327 e.